The predicted octanol–water partition coefficient (Wildman–Crippen LogP) is 3.49. The van der Waals surface area contributed by atoms with E-state index in [1.807, 2.05) is 31.2 Å². The summed E-state index contributed by atoms with van der Waals surface area (Å²) in [6, 6.07) is 14.0. The molecule has 27 heavy (non-hydrogen) atoms. The zero-order chi connectivity index (χ0) is 19.2. The molecule has 2 aliphatic rings. The molecule has 0 unspecified atom stereocenters. The number of hydrogen-bond acceptors (Lipinski definition) is 2. The van der Waals surface area contributed by atoms with E-state index >= 15 is 0 Å². The Hall–Kier alpha value is -2.69. The summed E-state index contributed by atoms with van der Waals surface area (Å²) in [5.74, 6) is -2.45. The average molecular weight is 367 g/mol. The highest BCUT2D eigenvalue weighted by Gasteiger charge is 2.55. The number of carbonyl (C=O) groups is 2. The molecule has 2 fully saturated rings. The van der Waals surface area contributed by atoms with Gasteiger partial charge in [0.05, 0.1) is 11.3 Å². The van der Waals surface area contributed by atoms with Crippen LogP contribution in [0.15, 0.2) is 48.5 Å². The molecular formula is C22H22FNO3. The lowest BCUT2D eigenvalue weighted by atomic mass is 9.89. The average Bonchev–Trinajstić information content (AvgIpc) is 3.32. The molecule has 1 heterocycles. The maximum absolute atomic E-state index is 13.6. The molecule has 1 saturated carbocycles. The predicted molar refractivity (Wildman–Crippen MR) is 98.9 cm³/mol. The summed E-state index contributed by atoms with van der Waals surface area (Å²) in [5, 5.41) is 9.65. The molecule has 0 aromatic heterocycles. The van der Waals surface area contributed by atoms with Gasteiger partial charge in [0.2, 0.25) is 5.91 Å². The third-order valence-corrected chi connectivity index (χ3v) is 5.96. The Morgan fingerprint density at radius 3 is 2.41 bits per heavy atom. The van der Waals surface area contributed by atoms with E-state index in [0.717, 1.165) is 24.0 Å². The molecule has 0 spiro atoms. The summed E-state index contributed by atoms with van der Waals surface area (Å²) in [5.41, 5.74) is 2.26. The van der Waals surface area contributed by atoms with Crippen LogP contribution in [0.2, 0.25) is 0 Å². The lowest BCUT2D eigenvalue weighted by molar-refractivity contribution is -0.142. The number of rotatable bonds is 4. The molecule has 2 aromatic carbocycles. The minimum absolute atomic E-state index is 0.00324. The van der Waals surface area contributed by atoms with Crippen molar-refractivity contribution in [2.24, 2.45) is 5.92 Å². The Balaban J connectivity index is 1.60. The van der Waals surface area contributed by atoms with Gasteiger partial charge in [0, 0.05) is 19.0 Å². The molecule has 4 rings (SSSR count). The van der Waals surface area contributed by atoms with Gasteiger partial charge in [-0.05, 0) is 43.0 Å². The first kappa shape index (κ1) is 17.7. The number of carboxylic acid groups (broad SMARTS) is 1. The summed E-state index contributed by atoms with van der Waals surface area (Å²) in [6.45, 7) is 2.49. The second-order valence-corrected chi connectivity index (χ2v) is 7.76. The monoisotopic (exact) mass is 367 g/mol. The van der Waals surface area contributed by atoms with Crippen LogP contribution < -0.4 is 0 Å². The number of halogens is 1. The number of carboxylic acids is 1. The van der Waals surface area contributed by atoms with Crippen molar-refractivity contribution < 1.29 is 19.1 Å². The van der Waals surface area contributed by atoms with Gasteiger partial charge in [-0.25, -0.2) is 4.39 Å². The van der Waals surface area contributed by atoms with E-state index in [-0.39, 0.29) is 18.3 Å². The molecule has 2 aromatic rings. The quantitative estimate of drug-likeness (QED) is 0.900. The second-order valence-electron chi connectivity index (χ2n) is 7.76. The van der Waals surface area contributed by atoms with Gasteiger partial charge in [-0.1, -0.05) is 42.0 Å². The number of amides is 1. The third kappa shape index (κ3) is 3.11. The number of aliphatic carboxylic acids is 1. The molecule has 0 radical (unpaired) electrons. The number of benzene rings is 2. The van der Waals surface area contributed by atoms with Crippen LogP contribution in [0, 0.1) is 18.7 Å². The lowest BCUT2D eigenvalue weighted by Gasteiger charge is -2.24. The van der Waals surface area contributed by atoms with Crippen LogP contribution in [0.3, 0.4) is 0 Å². The first-order valence-electron chi connectivity index (χ1n) is 9.25. The summed E-state index contributed by atoms with van der Waals surface area (Å²) in [6.07, 6.45) is 1.57. The minimum Gasteiger partial charge on any atom is -0.481 e. The van der Waals surface area contributed by atoms with E-state index in [9.17, 15) is 19.1 Å². The molecule has 1 saturated heterocycles. The summed E-state index contributed by atoms with van der Waals surface area (Å²) in [7, 11) is 0. The molecule has 4 nitrogen and oxygen atoms in total. The van der Waals surface area contributed by atoms with Gasteiger partial charge in [0.1, 0.15) is 5.82 Å². The smallest absolute Gasteiger partial charge is 0.308 e. The highest BCUT2D eigenvalue weighted by Crippen LogP contribution is 2.51. The number of carbonyl (C=O) groups excluding carboxylic acids is 1. The molecule has 2 atom stereocenters. The van der Waals surface area contributed by atoms with Gasteiger partial charge in [-0.2, -0.15) is 0 Å². The molecular weight excluding hydrogens is 345 g/mol. The highest BCUT2D eigenvalue weighted by atomic mass is 19.1. The van der Waals surface area contributed by atoms with Crippen molar-refractivity contribution in [2.75, 3.05) is 13.1 Å². The van der Waals surface area contributed by atoms with E-state index in [1.165, 1.54) is 12.1 Å². The van der Waals surface area contributed by atoms with Gasteiger partial charge < -0.3 is 10.0 Å². The third-order valence-electron chi connectivity index (χ3n) is 5.96. The van der Waals surface area contributed by atoms with E-state index in [1.54, 1.807) is 17.0 Å². The van der Waals surface area contributed by atoms with Crippen LogP contribution in [0.4, 0.5) is 4.39 Å². The van der Waals surface area contributed by atoms with Crippen molar-refractivity contribution in [2.45, 2.75) is 31.1 Å². The maximum Gasteiger partial charge on any atom is 0.308 e. The second kappa shape index (κ2) is 6.48. The standard InChI is InChI=1S/C22H22FNO3/c1-14-5-7-16(8-6-14)22(9-10-22)21(27)24-12-18(19(13-24)20(25)26)15-3-2-4-17(23)11-15/h2-8,11,18-19H,9-10,12-13H2,1H3,(H,25,26)/t18-,19+/m0/s1. The molecule has 0 bridgehead atoms. The molecule has 1 N–H and O–H groups in total. The molecule has 1 amide bonds. The Kier molecular flexibility index (Phi) is 4.25. The van der Waals surface area contributed by atoms with Gasteiger partial charge in [0.25, 0.3) is 0 Å². The van der Waals surface area contributed by atoms with Gasteiger partial charge in [-0.15, -0.1) is 0 Å². The molecule has 1 aliphatic carbocycles. The van der Waals surface area contributed by atoms with Gasteiger partial charge >= 0.3 is 5.97 Å². The fraction of sp³-hybridized carbons (Fsp3) is 0.364. The molecule has 1 aliphatic heterocycles. The van der Waals surface area contributed by atoms with Crippen LogP contribution in [0.5, 0.6) is 0 Å². The van der Waals surface area contributed by atoms with Crippen LogP contribution in [-0.2, 0) is 15.0 Å². The topological polar surface area (TPSA) is 57.6 Å². The first-order chi connectivity index (χ1) is 12.9. The van der Waals surface area contributed by atoms with Crippen molar-refractivity contribution >= 4 is 11.9 Å². The number of nitrogens with zero attached hydrogens (tertiary/aromatic N) is 1. The minimum atomic E-state index is -0.945. The summed E-state index contributed by atoms with van der Waals surface area (Å²) < 4.78 is 13.6. The number of likely N-dealkylation sites (tertiary alicyclic amines) is 1. The van der Waals surface area contributed by atoms with Gasteiger partial charge in [0.15, 0.2) is 0 Å². The first-order valence-corrected chi connectivity index (χ1v) is 9.25. The van der Waals surface area contributed by atoms with Crippen molar-refractivity contribution in [3.63, 3.8) is 0 Å². The van der Waals surface area contributed by atoms with E-state index in [0.29, 0.717) is 12.1 Å². The van der Waals surface area contributed by atoms with E-state index in [4.69, 9.17) is 0 Å². The normalized spacial score (nSPS) is 23.3. The largest absolute Gasteiger partial charge is 0.481 e. The molecule has 5 heteroatoms. The lowest BCUT2D eigenvalue weighted by Crippen LogP contribution is -2.38. The SMILES string of the molecule is Cc1ccc(C2(C(=O)N3C[C@@H](C(=O)O)[C@H](c4cccc(F)c4)C3)CC2)cc1. The van der Waals surface area contributed by atoms with Crippen LogP contribution in [0.25, 0.3) is 0 Å². The van der Waals surface area contributed by atoms with Crippen molar-refractivity contribution in [1.29, 1.82) is 0 Å². The van der Waals surface area contributed by atoms with Gasteiger partial charge in [-0.3, -0.25) is 9.59 Å². The molecule has 140 valence electrons. The summed E-state index contributed by atoms with van der Waals surface area (Å²) in [4.78, 5) is 26.7. The van der Waals surface area contributed by atoms with Crippen molar-refractivity contribution in [1.82, 2.24) is 4.90 Å². The van der Waals surface area contributed by atoms with Crippen molar-refractivity contribution in [3.05, 3.63) is 71.0 Å². The maximum atomic E-state index is 13.6. The Bertz CT molecular complexity index is 889. The van der Waals surface area contributed by atoms with Crippen LogP contribution in [0.1, 0.15) is 35.4 Å². The van der Waals surface area contributed by atoms with E-state index < -0.39 is 23.2 Å². The number of hydrogen-bond donors (Lipinski definition) is 1. The Labute approximate surface area is 157 Å². The summed E-state index contributed by atoms with van der Waals surface area (Å²) >= 11 is 0. The van der Waals surface area contributed by atoms with E-state index in [2.05, 4.69) is 0 Å². The zero-order valence-corrected chi connectivity index (χ0v) is 15.2. The number of aryl methyl sites for hydroxylation is 1. The van der Waals surface area contributed by atoms with Crippen LogP contribution in [-0.4, -0.2) is 35.0 Å². The Morgan fingerprint density at radius 2 is 1.81 bits per heavy atom. The highest BCUT2D eigenvalue weighted by molar-refractivity contribution is 5.92. The van der Waals surface area contributed by atoms with Crippen LogP contribution >= 0.6 is 0 Å². The fourth-order valence-electron chi connectivity index (χ4n) is 4.22. The van der Waals surface area contributed by atoms with Crippen molar-refractivity contribution in [3.8, 4) is 0 Å². The Morgan fingerprint density at radius 1 is 1.11 bits per heavy atom. The fourth-order valence-corrected chi connectivity index (χ4v) is 4.22. The zero-order valence-electron chi connectivity index (χ0n) is 15.2.